The highest BCUT2D eigenvalue weighted by atomic mass is 16.2. The molecule has 2 aromatic rings. The van der Waals surface area contributed by atoms with E-state index in [9.17, 15) is 9.59 Å². The number of benzene rings is 1. The van der Waals surface area contributed by atoms with Gasteiger partial charge >= 0.3 is 0 Å². The lowest BCUT2D eigenvalue weighted by Crippen LogP contribution is -2.45. The molecule has 1 aliphatic rings. The van der Waals surface area contributed by atoms with Gasteiger partial charge in [0.1, 0.15) is 11.9 Å². The number of hydrogen-bond donors (Lipinski definition) is 2. The van der Waals surface area contributed by atoms with Gasteiger partial charge in [0, 0.05) is 51.4 Å². The van der Waals surface area contributed by atoms with Crippen molar-refractivity contribution in [1.82, 2.24) is 25.1 Å². The second-order valence-electron chi connectivity index (χ2n) is 9.93. The van der Waals surface area contributed by atoms with Crippen LogP contribution in [0.1, 0.15) is 43.7 Å². The number of hydrogen-bond acceptors (Lipinski definition) is 8. The van der Waals surface area contributed by atoms with Gasteiger partial charge in [-0.3, -0.25) is 9.59 Å². The molecule has 10 heteroatoms. The number of amides is 2. The summed E-state index contributed by atoms with van der Waals surface area (Å²) in [5, 5.41) is 15.1. The molecular formula is C30H38N8O2. The summed E-state index contributed by atoms with van der Waals surface area (Å²) < 4.78 is 0. The highest BCUT2D eigenvalue weighted by molar-refractivity contribution is 5.92. The molecule has 1 aromatic carbocycles. The molecule has 0 saturated carbocycles. The monoisotopic (exact) mass is 542 g/mol. The van der Waals surface area contributed by atoms with E-state index in [0.29, 0.717) is 37.4 Å². The number of anilines is 3. The Balaban J connectivity index is 1.53. The van der Waals surface area contributed by atoms with Crippen LogP contribution in [0.4, 0.5) is 17.5 Å². The number of nitriles is 1. The fraction of sp³-hybridized carbons (Fsp3) is 0.433. The molecule has 3 rings (SSSR count). The van der Waals surface area contributed by atoms with Crippen LogP contribution in [-0.4, -0.2) is 84.9 Å². The van der Waals surface area contributed by atoms with Gasteiger partial charge in [0.05, 0.1) is 23.4 Å². The Kier molecular flexibility index (Phi) is 11.5. The maximum Gasteiger partial charge on any atom is 0.246 e. The lowest BCUT2D eigenvalue weighted by Gasteiger charge is -2.23. The minimum absolute atomic E-state index is 0.195. The first-order chi connectivity index (χ1) is 19.3. The summed E-state index contributed by atoms with van der Waals surface area (Å²) in [4.78, 5) is 39.6. The molecule has 0 radical (unpaired) electrons. The van der Waals surface area contributed by atoms with Crippen LogP contribution >= 0.6 is 0 Å². The number of rotatable bonds is 11. The minimum Gasteiger partial charge on any atom is -0.355 e. The molecule has 1 aromatic heterocycles. The Labute approximate surface area is 237 Å². The number of carbonyl (C=O) groups is 2. The van der Waals surface area contributed by atoms with Crippen molar-refractivity contribution >= 4 is 29.3 Å². The van der Waals surface area contributed by atoms with Crippen LogP contribution in [0, 0.1) is 23.2 Å². The van der Waals surface area contributed by atoms with E-state index in [4.69, 9.17) is 10.2 Å². The van der Waals surface area contributed by atoms with Crippen molar-refractivity contribution < 1.29 is 9.59 Å². The quantitative estimate of drug-likeness (QED) is 0.253. The first kappa shape index (κ1) is 30.1. The first-order valence-corrected chi connectivity index (χ1v) is 13.5. The Morgan fingerprint density at radius 1 is 1.18 bits per heavy atom. The highest BCUT2D eigenvalue weighted by Crippen LogP contribution is 2.24. The minimum atomic E-state index is -0.570. The van der Waals surface area contributed by atoms with Gasteiger partial charge in [0.2, 0.25) is 17.8 Å². The van der Waals surface area contributed by atoms with E-state index in [2.05, 4.69) is 38.4 Å². The van der Waals surface area contributed by atoms with E-state index in [1.807, 2.05) is 31.1 Å². The fourth-order valence-corrected chi connectivity index (χ4v) is 3.99. The molecule has 2 amide bonds. The summed E-state index contributed by atoms with van der Waals surface area (Å²) in [6.07, 6.45) is 8.52. The molecule has 2 N–H and O–H groups in total. The Morgan fingerprint density at radius 3 is 2.58 bits per heavy atom. The number of nitrogens with zero attached hydrogens (tertiary/aromatic N) is 6. The molecule has 0 spiro atoms. The molecule has 0 aliphatic carbocycles. The zero-order chi connectivity index (χ0) is 28.9. The summed E-state index contributed by atoms with van der Waals surface area (Å²) in [5.74, 6) is 7.29. The number of carbonyl (C=O) groups excluding carboxylic acids is 2. The lowest BCUT2D eigenvalue weighted by atomic mass is 10.2. The molecule has 10 nitrogen and oxygen atoms in total. The van der Waals surface area contributed by atoms with Crippen LogP contribution < -0.4 is 15.5 Å². The van der Waals surface area contributed by atoms with E-state index in [1.54, 1.807) is 38.4 Å². The summed E-state index contributed by atoms with van der Waals surface area (Å²) in [6, 6.07) is 8.68. The van der Waals surface area contributed by atoms with Crippen molar-refractivity contribution in [3.63, 3.8) is 0 Å². The van der Waals surface area contributed by atoms with E-state index < -0.39 is 6.04 Å². The molecule has 40 heavy (non-hydrogen) atoms. The molecule has 0 unspecified atom stereocenters. The third kappa shape index (κ3) is 9.11. The van der Waals surface area contributed by atoms with Gasteiger partial charge in [-0.05, 0) is 64.5 Å². The molecular weight excluding hydrogens is 504 g/mol. The molecule has 1 aliphatic heterocycles. The largest absolute Gasteiger partial charge is 0.355 e. The van der Waals surface area contributed by atoms with E-state index in [-0.39, 0.29) is 11.8 Å². The smallest absolute Gasteiger partial charge is 0.246 e. The van der Waals surface area contributed by atoms with Crippen LogP contribution in [0.2, 0.25) is 0 Å². The number of unbranched alkanes of at least 4 members (excludes halogenated alkanes) is 1. The van der Waals surface area contributed by atoms with Crippen molar-refractivity contribution in [1.29, 1.82) is 5.26 Å². The second kappa shape index (κ2) is 15.2. The standard InChI is InChI=1S/C30H38N8O2/c1-23(37(4)27(39)12-10-18-36(2)3)29(40)32-17-7-5-6-11-25-22-33-30(35-28(25)38-19-8-9-20-38)34-26-15-13-24(21-31)14-16-26/h10,12-16,22-23H,5,7-9,17-20H2,1-4H3,(H,32,40)(H,33,34,35)/t23-/m0/s1. The average molecular weight is 543 g/mol. The Bertz CT molecular complexity index is 1280. The van der Waals surface area contributed by atoms with Crippen LogP contribution in [0.3, 0.4) is 0 Å². The topological polar surface area (TPSA) is 117 Å². The van der Waals surface area contributed by atoms with Gasteiger partial charge in [0.15, 0.2) is 0 Å². The Hall–Kier alpha value is -4.41. The van der Waals surface area contributed by atoms with Crippen molar-refractivity contribution in [2.75, 3.05) is 57.5 Å². The summed E-state index contributed by atoms with van der Waals surface area (Å²) in [5.41, 5.74) is 2.17. The van der Waals surface area contributed by atoms with Gasteiger partial charge < -0.3 is 25.3 Å². The van der Waals surface area contributed by atoms with Gasteiger partial charge in [-0.15, -0.1) is 0 Å². The predicted molar refractivity (Wildman–Crippen MR) is 157 cm³/mol. The first-order valence-electron chi connectivity index (χ1n) is 13.5. The molecule has 1 saturated heterocycles. The van der Waals surface area contributed by atoms with Gasteiger partial charge in [0.25, 0.3) is 0 Å². The van der Waals surface area contributed by atoms with Gasteiger partial charge in [-0.25, -0.2) is 4.98 Å². The van der Waals surface area contributed by atoms with E-state index in [1.165, 1.54) is 11.0 Å². The summed E-state index contributed by atoms with van der Waals surface area (Å²) >= 11 is 0. The highest BCUT2D eigenvalue weighted by Gasteiger charge is 2.20. The lowest BCUT2D eigenvalue weighted by molar-refractivity contribution is -0.135. The molecule has 0 bridgehead atoms. The zero-order valence-electron chi connectivity index (χ0n) is 23.8. The second-order valence-corrected chi connectivity index (χ2v) is 9.93. The van der Waals surface area contributed by atoms with Gasteiger partial charge in [-0.2, -0.15) is 10.2 Å². The molecule has 210 valence electrons. The molecule has 2 heterocycles. The van der Waals surface area contributed by atoms with Crippen molar-refractivity contribution in [3.05, 3.63) is 53.7 Å². The van der Waals surface area contributed by atoms with E-state index in [0.717, 1.165) is 43.0 Å². The van der Waals surface area contributed by atoms with Crippen molar-refractivity contribution in [2.45, 2.75) is 38.6 Å². The number of likely N-dealkylation sites (N-methyl/N-ethyl adjacent to an activating group) is 2. The maximum atomic E-state index is 12.5. The normalized spacial score (nSPS) is 13.4. The SMILES string of the molecule is C[C@@H](C(=O)NCCCC#Cc1cnc(Nc2ccc(C#N)cc2)nc1N1CCCC1)N(C)C(=O)C=CCN(C)C. The predicted octanol–water partition coefficient (Wildman–Crippen LogP) is 2.90. The Morgan fingerprint density at radius 2 is 1.90 bits per heavy atom. The number of nitrogens with one attached hydrogen (secondary N) is 2. The van der Waals surface area contributed by atoms with Crippen molar-refractivity contribution in [3.8, 4) is 17.9 Å². The van der Waals surface area contributed by atoms with Crippen LogP contribution in [-0.2, 0) is 9.59 Å². The summed E-state index contributed by atoms with van der Waals surface area (Å²) in [7, 11) is 5.48. The fourth-order valence-electron chi connectivity index (χ4n) is 3.99. The van der Waals surface area contributed by atoms with Crippen LogP contribution in [0.15, 0.2) is 42.6 Å². The summed E-state index contributed by atoms with van der Waals surface area (Å²) in [6.45, 7) is 4.70. The van der Waals surface area contributed by atoms with Crippen LogP contribution in [0.5, 0.6) is 0 Å². The number of aromatic nitrogens is 2. The zero-order valence-corrected chi connectivity index (χ0v) is 23.8. The van der Waals surface area contributed by atoms with E-state index >= 15 is 0 Å². The third-order valence-electron chi connectivity index (χ3n) is 6.48. The third-order valence-corrected chi connectivity index (χ3v) is 6.48. The van der Waals surface area contributed by atoms with Crippen LogP contribution in [0.25, 0.3) is 0 Å². The average Bonchev–Trinajstić information content (AvgIpc) is 3.49. The maximum absolute atomic E-state index is 12.5. The molecule has 1 atom stereocenters. The van der Waals surface area contributed by atoms with Crippen molar-refractivity contribution in [2.24, 2.45) is 0 Å². The molecule has 1 fully saturated rings. The van der Waals surface area contributed by atoms with Gasteiger partial charge in [-0.1, -0.05) is 17.9 Å².